The Morgan fingerprint density at radius 3 is 2.36 bits per heavy atom. The van der Waals surface area contributed by atoms with E-state index in [9.17, 15) is 18.0 Å². The molecule has 3 aromatic carbocycles. The fourth-order valence-electron chi connectivity index (χ4n) is 2.74. The summed E-state index contributed by atoms with van der Waals surface area (Å²) in [5, 5.41) is 3.86. The zero-order chi connectivity index (χ0) is 23.8. The van der Waals surface area contributed by atoms with Crippen LogP contribution < -0.4 is 14.5 Å². The summed E-state index contributed by atoms with van der Waals surface area (Å²) < 4.78 is 31.2. The summed E-state index contributed by atoms with van der Waals surface area (Å²) in [4.78, 5) is 24.3. The molecule has 3 aromatic rings. The lowest BCUT2D eigenvalue weighted by Gasteiger charge is -2.21. The summed E-state index contributed by atoms with van der Waals surface area (Å²) in [6.45, 7) is -0.430. The van der Waals surface area contributed by atoms with Gasteiger partial charge >= 0.3 is 5.97 Å². The van der Waals surface area contributed by atoms with E-state index < -0.39 is 28.4 Å². The molecule has 0 aliphatic heterocycles. The van der Waals surface area contributed by atoms with Crippen molar-refractivity contribution in [3.05, 3.63) is 94.5 Å². The van der Waals surface area contributed by atoms with Crippen molar-refractivity contribution in [2.45, 2.75) is 0 Å². The van der Waals surface area contributed by atoms with Crippen LogP contribution in [0.1, 0.15) is 15.9 Å². The minimum Gasteiger partial charge on any atom is -0.423 e. The number of amides is 1. The minimum atomic E-state index is -3.68. The molecule has 1 N–H and O–H groups in total. The molecule has 0 radical (unpaired) electrons. The number of benzene rings is 3. The highest BCUT2D eigenvalue weighted by atomic mass is 79.9. The third kappa shape index (κ3) is 7.26. The zero-order valence-electron chi connectivity index (χ0n) is 17.5. The first kappa shape index (κ1) is 24.1. The van der Waals surface area contributed by atoms with Crippen LogP contribution in [0.4, 0.5) is 5.69 Å². The smallest absolute Gasteiger partial charge is 0.343 e. The number of carbonyl (C=O) groups excluding carboxylic acids is 2. The van der Waals surface area contributed by atoms with E-state index in [2.05, 4.69) is 26.5 Å². The zero-order valence-corrected chi connectivity index (χ0v) is 19.9. The molecule has 0 bridgehead atoms. The summed E-state index contributed by atoms with van der Waals surface area (Å²) in [5.74, 6) is -0.710. The van der Waals surface area contributed by atoms with Crippen molar-refractivity contribution in [2.24, 2.45) is 5.10 Å². The van der Waals surface area contributed by atoms with Crippen molar-refractivity contribution >= 4 is 49.7 Å². The molecule has 33 heavy (non-hydrogen) atoms. The first-order valence-corrected chi connectivity index (χ1v) is 12.3. The summed E-state index contributed by atoms with van der Waals surface area (Å²) in [5.41, 5.74) is 3.75. The fraction of sp³-hybridized carbons (Fsp3) is 0.0870. The first-order chi connectivity index (χ1) is 15.7. The number of hydrazone groups is 1. The van der Waals surface area contributed by atoms with Gasteiger partial charge in [0.05, 0.1) is 23.7 Å². The lowest BCUT2D eigenvalue weighted by molar-refractivity contribution is -0.119. The average molecular weight is 530 g/mol. The first-order valence-electron chi connectivity index (χ1n) is 9.65. The lowest BCUT2D eigenvalue weighted by atomic mass is 10.2. The molecule has 10 heteroatoms. The van der Waals surface area contributed by atoms with Gasteiger partial charge in [-0.2, -0.15) is 5.10 Å². The number of nitrogens with one attached hydrogen (secondary N) is 1. The molecule has 1 amide bonds. The van der Waals surface area contributed by atoms with E-state index in [1.54, 1.807) is 72.8 Å². The standard InChI is InChI=1S/C23H20BrN3O5S/c1-33(30,31)27(20-9-5-8-19(24)14-20)16-22(28)26-25-15-17-10-12-21(13-11-17)32-23(29)18-6-3-2-4-7-18/h2-15H,16H2,1H3,(H,26,28)/b25-15-. The highest BCUT2D eigenvalue weighted by Crippen LogP contribution is 2.21. The van der Waals surface area contributed by atoms with Crippen LogP contribution in [0.5, 0.6) is 5.75 Å². The molecule has 0 saturated carbocycles. The van der Waals surface area contributed by atoms with Crippen LogP contribution in [0.3, 0.4) is 0 Å². The number of hydrogen-bond donors (Lipinski definition) is 1. The predicted molar refractivity (Wildman–Crippen MR) is 130 cm³/mol. The highest BCUT2D eigenvalue weighted by Gasteiger charge is 2.20. The Labute approximate surface area is 200 Å². The number of carbonyl (C=O) groups is 2. The maximum Gasteiger partial charge on any atom is 0.343 e. The van der Waals surface area contributed by atoms with Gasteiger partial charge in [0.1, 0.15) is 12.3 Å². The number of hydrogen-bond acceptors (Lipinski definition) is 6. The molecular weight excluding hydrogens is 510 g/mol. The molecule has 0 saturated heterocycles. The van der Waals surface area contributed by atoms with Crippen LogP contribution in [-0.4, -0.2) is 39.3 Å². The van der Waals surface area contributed by atoms with Crippen LogP contribution >= 0.6 is 15.9 Å². The Bertz CT molecular complexity index is 1260. The second kappa shape index (κ2) is 10.9. The monoisotopic (exact) mass is 529 g/mol. The Kier molecular flexibility index (Phi) is 7.96. The number of esters is 1. The second-order valence-corrected chi connectivity index (χ2v) is 9.69. The number of anilines is 1. The van der Waals surface area contributed by atoms with Crippen LogP contribution in [0.25, 0.3) is 0 Å². The fourth-order valence-corrected chi connectivity index (χ4v) is 3.97. The van der Waals surface area contributed by atoms with Crippen LogP contribution in [0.15, 0.2) is 88.4 Å². The lowest BCUT2D eigenvalue weighted by Crippen LogP contribution is -2.39. The van der Waals surface area contributed by atoms with Crippen molar-refractivity contribution in [1.29, 1.82) is 0 Å². The molecule has 0 aliphatic carbocycles. The number of halogens is 1. The number of rotatable bonds is 8. The van der Waals surface area contributed by atoms with Crippen molar-refractivity contribution < 1.29 is 22.7 Å². The maximum atomic E-state index is 12.3. The number of sulfonamides is 1. The molecule has 3 rings (SSSR count). The van der Waals surface area contributed by atoms with Gasteiger partial charge in [-0.15, -0.1) is 0 Å². The van der Waals surface area contributed by atoms with Crippen LogP contribution in [-0.2, 0) is 14.8 Å². The van der Waals surface area contributed by atoms with Gasteiger partial charge in [0.25, 0.3) is 5.91 Å². The molecule has 0 atom stereocenters. The molecule has 0 unspecified atom stereocenters. The van der Waals surface area contributed by atoms with Crippen molar-refractivity contribution in [1.82, 2.24) is 5.43 Å². The van der Waals surface area contributed by atoms with Gasteiger partial charge < -0.3 is 4.74 Å². The van der Waals surface area contributed by atoms with Gasteiger partial charge in [0, 0.05) is 4.47 Å². The maximum absolute atomic E-state index is 12.3. The molecule has 0 spiro atoms. The molecule has 8 nitrogen and oxygen atoms in total. The Balaban J connectivity index is 1.57. The molecule has 0 fully saturated rings. The van der Waals surface area contributed by atoms with Gasteiger partial charge in [-0.3, -0.25) is 9.10 Å². The average Bonchev–Trinajstić information content (AvgIpc) is 2.78. The third-order valence-electron chi connectivity index (χ3n) is 4.29. The van der Waals surface area contributed by atoms with E-state index in [0.717, 1.165) is 10.6 Å². The quantitative estimate of drug-likeness (QED) is 0.208. The van der Waals surface area contributed by atoms with Gasteiger partial charge in [0.2, 0.25) is 10.0 Å². The van der Waals surface area contributed by atoms with E-state index >= 15 is 0 Å². The summed E-state index contributed by atoms with van der Waals surface area (Å²) in [6.07, 6.45) is 2.42. The highest BCUT2D eigenvalue weighted by molar-refractivity contribution is 9.10. The van der Waals surface area contributed by atoms with Gasteiger partial charge in [0.15, 0.2) is 0 Å². The number of ether oxygens (including phenoxy) is 1. The second-order valence-electron chi connectivity index (χ2n) is 6.87. The van der Waals surface area contributed by atoms with Crippen LogP contribution in [0.2, 0.25) is 0 Å². The normalized spacial score (nSPS) is 11.2. The molecule has 170 valence electrons. The van der Waals surface area contributed by atoms with E-state index in [0.29, 0.717) is 27.0 Å². The van der Waals surface area contributed by atoms with Crippen molar-refractivity contribution in [2.75, 3.05) is 17.1 Å². The van der Waals surface area contributed by atoms with Gasteiger partial charge in [-0.05, 0) is 60.2 Å². The largest absolute Gasteiger partial charge is 0.423 e. The Morgan fingerprint density at radius 1 is 1.03 bits per heavy atom. The van der Waals surface area contributed by atoms with Crippen molar-refractivity contribution in [3.8, 4) is 5.75 Å². The Hall–Kier alpha value is -3.50. The van der Waals surface area contributed by atoms with E-state index in [1.807, 2.05) is 6.07 Å². The summed E-state index contributed by atoms with van der Waals surface area (Å²) >= 11 is 3.29. The summed E-state index contributed by atoms with van der Waals surface area (Å²) in [7, 11) is -3.68. The van der Waals surface area contributed by atoms with Crippen LogP contribution in [0, 0.1) is 0 Å². The van der Waals surface area contributed by atoms with E-state index in [-0.39, 0.29) is 0 Å². The predicted octanol–water partition coefficient (Wildman–Crippen LogP) is 3.58. The topological polar surface area (TPSA) is 105 Å². The van der Waals surface area contributed by atoms with Gasteiger partial charge in [-0.1, -0.05) is 40.2 Å². The van der Waals surface area contributed by atoms with E-state index in [4.69, 9.17) is 4.74 Å². The third-order valence-corrected chi connectivity index (χ3v) is 5.92. The Morgan fingerprint density at radius 2 is 1.73 bits per heavy atom. The van der Waals surface area contributed by atoms with Crippen molar-refractivity contribution in [3.63, 3.8) is 0 Å². The molecule has 0 aromatic heterocycles. The molecule has 0 heterocycles. The van der Waals surface area contributed by atoms with Gasteiger partial charge in [-0.25, -0.2) is 18.6 Å². The molecular formula is C23H20BrN3O5S. The summed E-state index contributed by atoms with van der Waals surface area (Å²) in [6, 6.07) is 21.8. The SMILES string of the molecule is CS(=O)(=O)N(CC(=O)N/N=C\c1ccc(OC(=O)c2ccccc2)cc1)c1cccc(Br)c1. The number of nitrogens with zero attached hydrogens (tertiary/aromatic N) is 2. The molecule has 0 aliphatic rings. The van der Waals surface area contributed by atoms with E-state index in [1.165, 1.54) is 6.21 Å². The minimum absolute atomic E-state index is 0.353.